The number of H-pyrrole nitrogens is 1. The lowest BCUT2D eigenvalue weighted by Gasteiger charge is -2.19. The van der Waals surface area contributed by atoms with Gasteiger partial charge >= 0.3 is 0 Å². The number of benzene rings is 1. The largest absolute Gasteiger partial charge is 0.482 e. The van der Waals surface area contributed by atoms with Crippen LogP contribution in [0.3, 0.4) is 0 Å². The highest BCUT2D eigenvalue weighted by molar-refractivity contribution is 6.36. The number of halogens is 3. The van der Waals surface area contributed by atoms with Gasteiger partial charge in [-0.05, 0) is 58.6 Å². The summed E-state index contributed by atoms with van der Waals surface area (Å²) in [5, 5.41) is 3.09. The lowest BCUT2D eigenvalue weighted by Crippen LogP contribution is -2.31. The number of hydrogen-bond donors (Lipinski definition) is 3. The van der Waals surface area contributed by atoms with Gasteiger partial charge in [-0.15, -0.1) is 0 Å². The number of nitrogen functional groups attached to an aromatic ring is 1. The quantitative estimate of drug-likeness (QED) is 0.366. The summed E-state index contributed by atoms with van der Waals surface area (Å²) in [7, 11) is 3.89. The van der Waals surface area contributed by atoms with Crippen LogP contribution in [0.1, 0.15) is 40.3 Å². The highest BCUT2D eigenvalue weighted by Crippen LogP contribution is 2.38. The molecule has 3 aromatic rings. The molecule has 4 N–H and O–H groups in total. The number of aromatic nitrogens is 2. The average molecular weight is 508 g/mol. The van der Waals surface area contributed by atoms with Gasteiger partial charge in [-0.1, -0.05) is 23.2 Å². The number of carbonyl (C=O) groups excluding carboxylic acids is 1. The zero-order valence-corrected chi connectivity index (χ0v) is 21.2. The number of likely N-dealkylation sites (N-methyl/N-ethyl adjacent to an activating group) is 1. The summed E-state index contributed by atoms with van der Waals surface area (Å²) in [6, 6.07) is 4.35. The van der Waals surface area contributed by atoms with Crippen LogP contribution >= 0.6 is 23.2 Å². The Morgan fingerprint density at radius 2 is 2.03 bits per heavy atom. The summed E-state index contributed by atoms with van der Waals surface area (Å²) < 4.78 is 20.0. The van der Waals surface area contributed by atoms with Crippen molar-refractivity contribution >= 4 is 34.9 Å². The minimum atomic E-state index is -0.693. The molecule has 7 nitrogen and oxygen atoms in total. The molecule has 1 aromatic carbocycles. The number of amides is 1. The highest BCUT2D eigenvalue weighted by atomic mass is 35.5. The predicted octanol–water partition coefficient (Wildman–Crippen LogP) is 5.15. The third-order valence-corrected chi connectivity index (χ3v) is 6.18. The standard InChI is InChI=1S/C24H28Cl2FN5O2/c1-12-19(13(2)31-22(12)24(33)29-8-9-32(4)5)15-10-18(23(28)30-11-15)34-14(3)20-16(25)6-7-17(27)21(20)26/h6-7,10-11,14,31H,8-9H2,1-5H3,(H2,28,30)(H,29,33). The maximum Gasteiger partial charge on any atom is 0.268 e. The molecule has 2 heterocycles. The van der Waals surface area contributed by atoms with E-state index in [1.807, 2.05) is 32.8 Å². The van der Waals surface area contributed by atoms with E-state index < -0.39 is 11.9 Å². The zero-order valence-electron chi connectivity index (χ0n) is 19.7. The maximum absolute atomic E-state index is 14.0. The summed E-state index contributed by atoms with van der Waals surface area (Å²) in [5.41, 5.74) is 9.98. The average Bonchev–Trinajstić information content (AvgIpc) is 3.06. The van der Waals surface area contributed by atoms with E-state index in [0.29, 0.717) is 29.1 Å². The fraction of sp³-hybridized carbons (Fsp3) is 0.333. The van der Waals surface area contributed by atoms with E-state index in [-0.39, 0.29) is 21.8 Å². The van der Waals surface area contributed by atoms with Crippen LogP contribution in [-0.2, 0) is 0 Å². The molecule has 0 aliphatic heterocycles. The van der Waals surface area contributed by atoms with Gasteiger partial charge in [0.25, 0.3) is 5.91 Å². The fourth-order valence-electron chi connectivity index (χ4n) is 3.74. The van der Waals surface area contributed by atoms with E-state index in [0.717, 1.165) is 23.4 Å². The molecule has 182 valence electrons. The molecule has 0 bridgehead atoms. The first-order valence-electron chi connectivity index (χ1n) is 10.7. The number of hydrogen-bond acceptors (Lipinski definition) is 5. The second-order valence-corrected chi connectivity index (χ2v) is 9.09. The third kappa shape index (κ3) is 5.46. The lowest BCUT2D eigenvalue weighted by atomic mass is 10.0. The van der Waals surface area contributed by atoms with Crippen molar-refractivity contribution < 1.29 is 13.9 Å². The van der Waals surface area contributed by atoms with Gasteiger partial charge in [-0.25, -0.2) is 9.37 Å². The summed E-state index contributed by atoms with van der Waals surface area (Å²) in [5.74, 6) is -0.325. The maximum atomic E-state index is 14.0. The molecule has 1 unspecified atom stereocenters. The SMILES string of the molecule is Cc1[nH]c(C(=O)NCCN(C)C)c(C)c1-c1cnc(N)c(OC(C)c2c(Cl)ccc(F)c2Cl)c1. The Balaban J connectivity index is 1.90. The number of carbonyl (C=O) groups is 1. The Morgan fingerprint density at radius 1 is 1.32 bits per heavy atom. The summed E-state index contributed by atoms with van der Waals surface area (Å²) in [4.78, 5) is 22.1. The number of rotatable bonds is 8. The van der Waals surface area contributed by atoms with Gasteiger partial charge in [-0.3, -0.25) is 4.79 Å². The first kappa shape index (κ1) is 25.8. The van der Waals surface area contributed by atoms with Gasteiger partial charge in [0.05, 0.1) is 5.02 Å². The minimum Gasteiger partial charge on any atom is -0.482 e. The third-order valence-electron chi connectivity index (χ3n) is 5.47. The Hall–Kier alpha value is -2.81. The topological polar surface area (TPSA) is 96.3 Å². The van der Waals surface area contributed by atoms with E-state index in [2.05, 4.69) is 15.3 Å². The van der Waals surface area contributed by atoms with Crippen LogP contribution in [0.5, 0.6) is 5.75 Å². The van der Waals surface area contributed by atoms with Crippen LogP contribution in [-0.4, -0.2) is 48.0 Å². The molecule has 3 rings (SSSR count). The van der Waals surface area contributed by atoms with Crippen molar-refractivity contribution in [1.82, 2.24) is 20.2 Å². The normalized spacial score (nSPS) is 12.1. The van der Waals surface area contributed by atoms with Crippen LogP contribution in [0.2, 0.25) is 10.0 Å². The molecule has 1 atom stereocenters. The van der Waals surface area contributed by atoms with Crippen molar-refractivity contribution in [2.45, 2.75) is 26.9 Å². The number of nitrogens with two attached hydrogens (primary N) is 1. The highest BCUT2D eigenvalue weighted by Gasteiger charge is 2.22. The smallest absolute Gasteiger partial charge is 0.268 e. The summed E-state index contributed by atoms with van der Waals surface area (Å²) in [6.07, 6.45) is 0.924. The predicted molar refractivity (Wildman–Crippen MR) is 134 cm³/mol. The molecule has 0 aliphatic carbocycles. The fourth-order valence-corrected chi connectivity index (χ4v) is 4.42. The minimum absolute atomic E-state index is 0.107. The summed E-state index contributed by atoms with van der Waals surface area (Å²) >= 11 is 12.4. The van der Waals surface area contributed by atoms with E-state index >= 15 is 0 Å². The van der Waals surface area contributed by atoms with Crippen LogP contribution < -0.4 is 15.8 Å². The summed E-state index contributed by atoms with van der Waals surface area (Å²) in [6.45, 7) is 6.71. The first-order chi connectivity index (χ1) is 16.0. The molecule has 0 saturated heterocycles. The van der Waals surface area contributed by atoms with Crippen LogP contribution in [0.15, 0.2) is 24.4 Å². The number of aromatic amines is 1. The number of ether oxygens (including phenoxy) is 1. The van der Waals surface area contributed by atoms with Crippen LogP contribution in [0.25, 0.3) is 11.1 Å². The van der Waals surface area contributed by atoms with Crippen molar-refractivity contribution in [2.75, 3.05) is 32.9 Å². The van der Waals surface area contributed by atoms with E-state index in [1.165, 1.54) is 12.1 Å². The Labute approximate surface area is 208 Å². The van der Waals surface area contributed by atoms with Crippen molar-refractivity contribution in [1.29, 1.82) is 0 Å². The molecular formula is C24H28Cl2FN5O2. The zero-order chi connectivity index (χ0) is 25.2. The molecule has 34 heavy (non-hydrogen) atoms. The monoisotopic (exact) mass is 507 g/mol. The molecule has 10 heteroatoms. The Bertz CT molecular complexity index is 1210. The van der Waals surface area contributed by atoms with Crippen molar-refractivity contribution in [3.05, 3.63) is 62.8 Å². The van der Waals surface area contributed by atoms with Gasteiger partial charge in [0, 0.05) is 46.7 Å². The molecule has 0 radical (unpaired) electrons. The molecular weight excluding hydrogens is 480 g/mol. The molecule has 2 aromatic heterocycles. The van der Waals surface area contributed by atoms with Crippen molar-refractivity contribution in [2.24, 2.45) is 0 Å². The number of nitrogens with one attached hydrogen (secondary N) is 2. The van der Waals surface area contributed by atoms with Crippen molar-refractivity contribution in [3.63, 3.8) is 0 Å². The lowest BCUT2D eigenvalue weighted by molar-refractivity contribution is 0.0946. The molecule has 1 amide bonds. The van der Waals surface area contributed by atoms with Crippen LogP contribution in [0, 0.1) is 19.7 Å². The number of pyridine rings is 1. The van der Waals surface area contributed by atoms with Gasteiger partial charge in [-0.2, -0.15) is 0 Å². The number of nitrogens with zero attached hydrogens (tertiary/aromatic N) is 2. The van der Waals surface area contributed by atoms with Gasteiger partial charge in [0.15, 0.2) is 11.6 Å². The van der Waals surface area contributed by atoms with E-state index in [4.69, 9.17) is 33.7 Å². The van der Waals surface area contributed by atoms with E-state index in [9.17, 15) is 9.18 Å². The van der Waals surface area contributed by atoms with Gasteiger partial charge in [0.2, 0.25) is 0 Å². The number of aryl methyl sites for hydroxylation is 1. The molecule has 0 saturated carbocycles. The van der Waals surface area contributed by atoms with Gasteiger partial charge < -0.3 is 25.7 Å². The Morgan fingerprint density at radius 3 is 2.71 bits per heavy atom. The second kappa shape index (κ2) is 10.6. The second-order valence-electron chi connectivity index (χ2n) is 8.31. The van der Waals surface area contributed by atoms with Crippen LogP contribution in [0.4, 0.5) is 10.2 Å². The number of anilines is 1. The van der Waals surface area contributed by atoms with E-state index in [1.54, 1.807) is 19.2 Å². The van der Waals surface area contributed by atoms with Gasteiger partial charge in [0.1, 0.15) is 17.6 Å². The molecule has 0 aliphatic rings. The Kier molecular flexibility index (Phi) is 8.07. The first-order valence-corrected chi connectivity index (χ1v) is 11.4. The molecule has 0 fully saturated rings. The van der Waals surface area contributed by atoms with Crippen molar-refractivity contribution in [3.8, 4) is 16.9 Å². The molecule has 0 spiro atoms.